The minimum Gasteiger partial charge on any atom is -0.265 e. The molecule has 0 saturated carbocycles. The van der Waals surface area contributed by atoms with Gasteiger partial charge in [0, 0.05) is 18.6 Å². The van der Waals surface area contributed by atoms with Crippen LogP contribution in [-0.4, -0.2) is 9.97 Å². The van der Waals surface area contributed by atoms with E-state index >= 15 is 0 Å². The van der Waals surface area contributed by atoms with Crippen LogP contribution in [0.4, 0.5) is 13.2 Å². The number of alkyl halides is 3. The van der Waals surface area contributed by atoms with Crippen LogP contribution in [0.25, 0.3) is 0 Å². The molecule has 5 heteroatoms. The highest BCUT2D eigenvalue weighted by molar-refractivity contribution is 5.16. The lowest BCUT2D eigenvalue weighted by atomic mass is 10.2. The average molecular weight is 254 g/mol. The topological polar surface area (TPSA) is 25.8 Å². The zero-order chi connectivity index (χ0) is 13.6. The van der Waals surface area contributed by atoms with Gasteiger partial charge in [0.25, 0.3) is 0 Å². The van der Waals surface area contributed by atoms with Gasteiger partial charge in [-0.3, -0.25) is 9.97 Å². The predicted octanol–water partition coefficient (Wildman–Crippen LogP) is 3.80. The number of hydrogen-bond donors (Lipinski definition) is 0. The number of aryl methyl sites for hydroxylation is 2. The van der Waals surface area contributed by atoms with Crippen LogP contribution in [0.3, 0.4) is 0 Å². The molecule has 0 spiro atoms. The van der Waals surface area contributed by atoms with Crippen molar-refractivity contribution in [1.29, 1.82) is 0 Å². The highest BCUT2D eigenvalue weighted by atomic mass is 19.4. The molecular formula is C13H13F3N2. The van der Waals surface area contributed by atoms with Gasteiger partial charge in [-0.15, -0.1) is 0 Å². The maximum Gasteiger partial charge on any atom is 0.433 e. The van der Waals surface area contributed by atoms with Crippen molar-refractivity contribution in [3.8, 4) is 0 Å². The quantitative estimate of drug-likeness (QED) is 0.714. The van der Waals surface area contributed by atoms with Crippen molar-refractivity contribution >= 4 is 0 Å². The van der Waals surface area contributed by atoms with E-state index in [2.05, 4.69) is 9.97 Å². The van der Waals surface area contributed by atoms with Crippen molar-refractivity contribution < 1.29 is 13.2 Å². The molecule has 2 rings (SSSR count). The number of aromatic nitrogens is 2. The van der Waals surface area contributed by atoms with Crippen LogP contribution < -0.4 is 0 Å². The van der Waals surface area contributed by atoms with E-state index in [9.17, 15) is 13.2 Å². The van der Waals surface area contributed by atoms with Crippen LogP contribution in [0.15, 0.2) is 42.9 Å². The van der Waals surface area contributed by atoms with Gasteiger partial charge in [0.1, 0.15) is 5.69 Å². The van der Waals surface area contributed by atoms with Crippen molar-refractivity contribution in [2.45, 2.75) is 20.0 Å². The molecular weight excluding hydrogens is 241 g/mol. The molecule has 0 aliphatic carbocycles. The lowest BCUT2D eigenvalue weighted by Crippen LogP contribution is -2.07. The molecule has 2 aromatic rings. The Bertz CT molecular complexity index is 481. The standard InChI is InChI=1S/C7H6F3N.C6H7N/c1-5-2-3-11-6(4-5)7(8,9)10;1-6-2-4-7-5-3-6/h2-4H,1H3;2-5H,1H3. The summed E-state index contributed by atoms with van der Waals surface area (Å²) >= 11 is 0. The predicted molar refractivity (Wildman–Crippen MR) is 63.0 cm³/mol. The van der Waals surface area contributed by atoms with E-state index in [4.69, 9.17) is 0 Å². The number of nitrogens with zero attached hydrogens (tertiary/aromatic N) is 2. The molecule has 18 heavy (non-hydrogen) atoms. The summed E-state index contributed by atoms with van der Waals surface area (Å²) in [5.74, 6) is 0. The van der Waals surface area contributed by atoms with Crippen molar-refractivity contribution in [2.24, 2.45) is 0 Å². The highest BCUT2D eigenvalue weighted by Gasteiger charge is 2.31. The Labute approximate surface area is 104 Å². The first-order chi connectivity index (χ1) is 8.39. The zero-order valence-corrected chi connectivity index (χ0v) is 10.1. The van der Waals surface area contributed by atoms with E-state index < -0.39 is 11.9 Å². The van der Waals surface area contributed by atoms with Gasteiger partial charge in [-0.2, -0.15) is 13.2 Å². The van der Waals surface area contributed by atoms with Gasteiger partial charge in [-0.25, -0.2) is 0 Å². The maximum absolute atomic E-state index is 11.9. The third kappa shape index (κ3) is 4.95. The van der Waals surface area contributed by atoms with Crippen LogP contribution in [0.1, 0.15) is 16.8 Å². The Morgan fingerprint density at radius 2 is 1.44 bits per heavy atom. The summed E-state index contributed by atoms with van der Waals surface area (Å²) in [6.45, 7) is 3.64. The highest BCUT2D eigenvalue weighted by Crippen LogP contribution is 2.27. The SMILES string of the molecule is Cc1ccnc(C(F)(F)F)c1.Cc1ccncc1. The van der Waals surface area contributed by atoms with Gasteiger partial charge in [-0.05, 0) is 49.2 Å². The second-order valence-corrected chi connectivity index (χ2v) is 3.74. The van der Waals surface area contributed by atoms with Gasteiger partial charge >= 0.3 is 6.18 Å². The molecule has 0 fully saturated rings. The lowest BCUT2D eigenvalue weighted by Gasteiger charge is -2.04. The van der Waals surface area contributed by atoms with Gasteiger partial charge in [0.05, 0.1) is 0 Å². The molecule has 0 amide bonds. The van der Waals surface area contributed by atoms with E-state index in [1.807, 2.05) is 19.1 Å². The van der Waals surface area contributed by atoms with Gasteiger partial charge in [-0.1, -0.05) is 0 Å². The van der Waals surface area contributed by atoms with Crippen LogP contribution in [0, 0.1) is 13.8 Å². The molecule has 2 aromatic heterocycles. The smallest absolute Gasteiger partial charge is 0.265 e. The van der Waals surface area contributed by atoms with E-state index in [0.717, 1.165) is 12.3 Å². The van der Waals surface area contributed by atoms with Crippen LogP contribution >= 0.6 is 0 Å². The third-order valence-electron chi connectivity index (χ3n) is 2.05. The van der Waals surface area contributed by atoms with Crippen LogP contribution in [0.2, 0.25) is 0 Å². The molecule has 0 N–H and O–H groups in total. The summed E-state index contributed by atoms with van der Waals surface area (Å²) in [7, 11) is 0. The summed E-state index contributed by atoms with van der Waals surface area (Å²) in [6.07, 6.45) is 0.398. The Hall–Kier alpha value is -1.91. The first kappa shape index (κ1) is 14.2. The van der Waals surface area contributed by atoms with Gasteiger partial charge < -0.3 is 0 Å². The summed E-state index contributed by atoms with van der Waals surface area (Å²) in [5.41, 5.74) is 0.986. The Kier molecular flexibility index (Phi) is 4.83. The molecule has 0 aliphatic rings. The monoisotopic (exact) mass is 254 g/mol. The van der Waals surface area contributed by atoms with Crippen molar-refractivity contribution in [2.75, 3.05) is 0 Å². The fraction of sp³-hybridized carbons (Fsp3) is 0.231. The van der Waals surface area contributed by atoms with Crippen LogP contribution in [0.5, 0.6) is 0 Å². The molecule has 2 nitrogen and oxygen atoms in total. The minimum absolute atomic E-state index is 0.562. The molecule has 0 radical (unpaired) electrons. The molecule has 0 bridgehead atoms. The lowest BCUT2D eigenvalue weighted by molar-refractivity contribution is -0.141. The van der Waals surface area contributed by atoms with Gasteiger partial charge in [0.15, 0.2) is 0 Å². The van der Waals surface area contributed by atoms with Crippen molar-refractivity contribution in [3.05, 3.63) is 59.7 Å². The summed E-state index contributed by atoms with van der Waals surface area (Å²) in [6, 6.07) is 6.48. The molecule has 0 aromatic carbocycles. The van der Waals surface area contributed by atoms with Crippen molar-refractivity contribution in [1.82, 2.24) is 9.97 Å². The first-order valence-electron chi connectivity index (χ1n) is 5.26. The van der Waals surface area contributed by atoms with Crippen LogP contribution in [-0.2, 0) is 6.18 Å². The molecule has 0 saturated heterocycles. The number of rotatable bonds is 0. The summed E-state index contributed by atoms with van der Waals surface area (Å²) in [4.78, 5) is 7.03. The largest absolute Gasteiger partial charge is 0.433 e. The van der Waals surface area contributed by atoms with E-state index in [-0.39, 0.29) is 0 Å². The van der Waals surface area contributed by atoms with Crippen molar-refractivity contribution in [3.63, 3.8) is 0 Å². The summed E-state index contributed by atoms with van der Waals surface area (Å²) < 4.78 is 35.7. The first-order valence-corrected chi connectivity index (χ1v) is 5.26. The normalized spacial score (nSPS) is 10.5. The molecule has 0 aliphatic heterocycles. The Balaban J connectivity index is 0.000000199. The number of pyridine rings is 2. The molecule has 96 valence electrons. The molecule has 0 atom stereocenters. The van der Waals surface area contributed by atoms with Gasteiger partial charge in [0.2, 0.25) is 0 Å². The van der Waals surface area contributed by atoms with E-state index in [1.165, 1.54) is 11.6 Å². The van der Waals surface area contributed by atoms with E-state index in [0.29, 0.717) is 5.56 Å². The maximum atomic E-state index is 11.9. The van der Waals surface area contributed by atoms with E-state index in [1.54, 1.807) is 19.3 Å². The zero-order valence-electron chi connectivity index (χ0n) is 10.1. The minimum atomic E-state index is -4.33. The molecule has 0 unspecified atom stereocenters. The average Bonchev–Trinajstić information content (AvgIpc) is 2.30. The third-order valence-corrected chi connectivity index (χ3v) is 2.05. The fourth-order valence-electron chi connectivity index (χ4n) is 1.12. The summed E-state index contributed by atoms with van der Waals surface area (Å²) in [5, 5.41) is 0. The Morgan fingerprint density at radius 3 is 1.78 bits per heavy atom. The fourth-order valence-corrected chi connectivity index (χ4v) is 1.12. The number of hydrogen-bond acceptors (Lipinski definition) is 2. The molecule has 2 heterocycles. The Morgan fingerprint density at radius 1 is 0.889 bits per heavy atom. The number of halogens is 3. The second-order valence-electron chi connectivity index (χ2n) is 3.74. The second kappa shape index (κ2) is 6.14.